The van der Waals surface area contributed by atoms with Crippen molar-refractivity contribution in [2.45, 2.75) is 58.0 Å². The molecule has 0 spiro atoms. The lowest BCUT2D eigenvalue weighted by atomic mass is 9.85. The number of hydrogen-bond donors (Lipinski definition) is 0. The molecule has 3 heteroatoms. The van der Waals surface area contributed by atoms with Crippen LogP contribution in [0.3, 0.4) is 0 Å². The quantitative estimate of drug-likeness (QED) is 0.518. The summed E-state index contributed by atoms with van der Waals surface area (Å²) in [6.07, 6.45) is 7.30. The molecule has 2 atom stereocenters. The predicted molar refractivity (Wildman–Crippen MR) is 63.2 cm³/mol. The van der Waals surface area contributed by atoms with Gasteiger partial charge in [0, 0.05) is 20.1 Å². The molecule has 0 N–H and O–H groups in total. The van der Waals surface area contributed by atoms with Crippen LogP contribution in [0.5, 0.6) is 0 Å². The van der Waals surface area contributed by atoms with Crippen LogP contribution in [0, 0.1) is 5.92 Å². The summed E-state index contributed by atoms with van der Waals surface area (Å²) < 4.78 is 10.5. The second-order valence-corrected chi connectivity index (χ2v) is 4.58. The minimum absolute atomic E-state index is 0.0533. The maximum atomic E-state index is 11.6. The van der Waals surface area contributed by atoms with Gasteiger partial charge in [0.1, 0.15) is 6.10 Å². The number of methoxy groups -OCH3 is 1. The van der Waals surface area contributed by atoms with Crippen molar-refractivity contribution in [3.63, 3.8) is 0 Å². The number of rotatable bonds is 6. The Morgan fingerprint density at radius 2 is 2.06 bits per heavy atom. The molecule has 0 bridgehead atoms. The Morgan fingerprint density at radius 1 is 1.31 bits per heavy atom. The van der Waals surface area contributed by atoms with E-state index in [1.807, 2.05) is 0 Å². The summed E-state index contributed by atoms with van der Waals surface area (Å²) in [6.45, 7) is 2.82. The molecular formula is C13H24O3. The molecule has 1 aliphatic rings. The van der Waals surface area contributed by atoms with Crippen LogP contribution in [0.25, 0.3) is 0 Å². The van der Waals surface area contributed by atoms with E-state index in [-0.39, 0.29) is 12.1 Å². The van der Waals surface area contributed by atoms with E-state index in [9.17, 15) is 4.79 Å². The van der Waals surface area contributed by atoms with Crippen molar-refractivity contribution < 1.29 is 14.3 Å². The van der Waals surface area contributed by atoms with Crippen molar-refractivity contribution in [3.8, 4) is 0 Å². The molecule has 94 valence electrons. The molecule has 0 aromatic rings. The van der Waals surface area contributed by atoms with Crippen molar-refractivity contribution in [3.05, 3.63) is 0 Å². The fraction of sp³-hybridized carbons (Fsp3) is 0.923. The lowest BCUT2D eigenvalue weighted by molar-refractivity contribution is -0.154. The Bertz CT molecular complexity index is 203. The van der Waals surface area contributed by atoms with Gasteiger partial charge in [-0.3, -0.25) is 4.79 Å². The van der Waals surface area contributed by atoms with Crippen LogP contribution in [-0.2, 0) is 14.3 Å². The van der Waals surface area contributed by atoms with Crippen molar-refractivity contribution in [2.24, 2.45) is 5.92 Å². The fourth-order valence-electron chi connectivity index (χ4n) is 2.38. The van der Waals surface area contributed by atoms with Gasteiger partial charge in [-0.25, -0.2) is 0 Å². The molecule has 0 amide bonds. The van der Waals surface area contributed by atoms with Crippen LogP contribution in [0.1, 0.15) is 51.9 Å². The van der Waals surface area contributed by atoms with Gasteiger partial charge in [-0.1, -0.05) is 13.3 Å². The van der Waals surface area contributed by atoms with Gasteiger partial charge in [-0.2, -0.15) is 0 Å². The summed E-state index contributed by atoms with van der Waals surface area (Å²) in [5.74, 6) is 0.530. The molecule has 0 radical (unpaired) electrons. The molecule has 0 heterocycles. The van der Waals surface area contributed by atoms with Gasteiger partial charge >= 0.3 is 5.97 Å². The van der Waals surface area contributed by atoms with Gasteiger partial charge in [-0.15, -0.1) is 0 Å². The highest BCUT2D eigenvalue weighted by atomic mass is 16.5. The average Bonchev–Trinajstić information content (AvgIpc) is 2.30. The standard InChI is InChI=1S/C13H24O3/c1-3-11-7-4-5-8-12(11)16-13(14)9-6-10-15-2/h11-12H,3-10H2,1-2H3/t11-,12-/m1/s1. The van der Waals surface area contributed by atoms with Crippen LogP contribution in [0.2, 0.25) is 0 Å². The fourth-order valence-corrected chi connectivity index (χ4v) is 2.38. The first-order valence-corrected chi connectivity index (χ1v) is 6.46. The topological polar surface area (TPSA) is 35.5 Å². The number of carbonyl (C=O) groups is 1. The largest absolute Gasteiger partial charge is 0.462 e. The second kappa shape index (κ2) is 7.66. The molecule has 3 nitrogen and oxygen atoms in total. The van der Waals surface area contributed by atoms with Gasteiger partial charge < -0.3 is 9.47 Å². The SMILES string of the molecule is CC[C@@H]1CCCC[C@H]1OC(=O)CCCOC. The second-order valence-electron chi connectivity index (χ2n) is 4.58. The molecule has 1 rings (SSSR count). The van der Waals surface area contributed by atoms with Crippen molar-refractivity contribution in [2.75, 3.05) is 13.7 Å². The molecule has 0 aromatic carbocycles. The van der Waals surface area contributed by atoms with E-state index < -0.39 is 0 Å². The van der Waals surface area contributed by atoms with Crippen molar-refractivity contribution >= 4 is 5.97 Å². The van der Waals surface area contributed by atoms with Gasteiger partial charge in [-0.05, 0) is 38.0 Å². The lowest BCUT2D eigenvalue weighted by Crippen LogP contribution is -2.29. The summed E-state index contributed by atoms with van der Waals surface area (Å²) in [5, 5.41) is 0. The van der Waals surface area contributed by atoms with Gasteiger partial charge in [0.25, 0.3) is 0 Å². The molecule has 0 saturated heterocycles. The third kappa shape index (κ3) is 4.52. The first kappa shape index (κ1) is 13.5. The summed E-state index contributed by atoms with van der Waals surface area (Å²) in [7, 11) is 1.65. The first-order valence-electron chi connectivity index (χ1n) is 6.46. The smallest absolute Gasteiger partial charge is 0.306 e. The summed E-state index contributed by atoms with van der Waals surface area (Å²) in [5.41, 5.74) is 0. The van der Waals surface area contributed by atoms with Crippen LogP contribution >= 0.6 is 0 Å². The average molecular weight is 228 g/mol. The van der Waals surface area contributed by atoms with E-state index in [0.717, 1.165) is 19.3 Å². The first-order chi connectivity index (χ1) is 7.77. The number of hydrogen-bond acceptors (Lipinski definition) is 3. The van der Waals surface area contributed by atoms with Crippen molar-refractivity contribution in [1.29, 1.82) is 0 Å². The van der Waals surface area contributed by atoms with E-state index in [0.29, 0.717) is 18.9 Å². The Labute approximate surface area is 98.5 Å². The normalized spacial score (nSPS) is 25.4. The molecule has 1 aliphatic carbocycles. The van der Waals surface area contributed by atoms with Gasteiger partial charge in [0.15, 0.2) is 0 Å². The number of carbonyl (C=O) groups excluding carboxylic acids is 1. The minimum atomic E-state index is -0.0533. The Morgan fingerprint density at radius 3 is 2.75 bits per heavy atom. The Hall–Kier alpha value is -0.570. The molecule has 0 unspecified atom stereocenters. The Balaban J connectivity index is 2.25. The number of esters is 1. The maximum absolute atomic E-state index is 11.6. The summed E-state index contributed by atoms with van der Waals surface area (Å²) >= 11 is 0. The summed E-state index contributed by atoms with van der Waals surface area (Å²) in [4.78, 5) is 11.6. The third-order valence-electron chi connectivity index (χ3n) is 3.38. The van der Waals surface area contributed by atoms with Gasteiger partial charge in [0.2, 0.25) is 0 Å². The third-order valence-corrected chi connectivity index (χ3v) is 3.38. The van der Waals surface area contributed by atoms with Crippen LogP contribution < -0.4 is 0 Å². The van der Waals surface area contributed by atoms with Crippen molar-refractivity contribution in [1.82, 2.24) is 0 Å². The molecule has 16 heavy (non-hydrogen) atoms. The van der Waals surface area contributed by atoms with Crippen LogP contribution in [-0.4, -0.2) is 25.8 Å². The van der Waals surface area contributed by atoms with E-state index in [1.54, 1.807) is 7.11 Å². The molecule has 1 fully saturated rings. The van der Waals surface area contributed by atoms with E-state index in [2.05, 4.69) is 6.92 Å². The summed E-state index contributed by atoms with van der Waals surface area (Å²) in [6, 6.07) is 0. The molecule has 1 saturated carbocycles. The zero-order valence-corrected chi connectivity index (χ0v) is 10.5. The van der Waals surface area contributed by atoms with E-state index in [4.69, 9.17) is 9.47 Å². The monoisotopic (exact) mass is 228 g/mol. The highest BCUT2D eigenvalue weighted by Crippen LogP contribution is 2.29. The predicted octanol–water partition coefficient (Wildman–Crippen LogP) is 2.93. The van der Waals surface area contributed by atoms with E-state index in [1.165, 1.54) is 19.3 Å². The van der Waals surface area contributed by atoms with Crippen LogP contribution in [0.15, 0.2) is 0 Å². The highest BCUT2D eigenvalue weighted by Gasteiger charge is 2.26. The number of ether oxygens (including phenoxy) is 2. The Kier molecular flexibility index (Phi) is 6.46. The maximum Gasteiger partial charge on any atom is 0.306 e. The molecule has 0 aliphatic heterocycles. The molecule has 0 aromatic heterocycles. The lowest BCUT2D eigenvalue weighted by Gasteiger charge is -2.30. The highest BCUT2D eigenvalue weighted by molar-refractivity contribution is 5.69. The zero-order chi connectivity index (χ0) is 11.8. The van der Waals surface area contributed by atoms with Gasteiger partial charge in [0.05, 0.1) is 0 Å². The van der Waals surface area contributed by atoms with E-state index >= 15 is 0 Å². The zero-order valence-electron chi connectivity index (χ0n) is 10.5. The minimum Gasteiger partial charge on any atom is -0.462 e. The van der Waals surface area contributed by atoms with Crippen LogP contribution in [0.4, 0.5) is 0 Å². The molecular weight excluding hydrogens is 204 g/mol.